The smallest absolute Gasteiger partial charge is 0.232 e. The topological polar surface area (TPSA) is 71.1 Å². The first-order valence-electron chi connectivity index (χ1n) is 10.0. The molecule has 0 radical (unpaired) electrons. The van der Waals surface area contributed by atoms with E-state index in [2.05, 4.69) is 0 Å². The van der Waals surface area contributed by atoms with Gasteiger partial charge in [-0.1, -0.05) is 42.5 Å². The lowest BCUT2D eigenvalue weighted by Gasteiger charge is -2.10. The van der Waals surface area contributed by atoms with Gasteiger partial charge in [0.25, 0.3) is 0 Å². The van der Waals surface area contributed by atoms with Crippen LogP contribution < -0.4 is 18.9 Å². The van der Waals surface area contributed by atoms with Crippen molar-refractivity contribution < 1.29 is 28.5 Å². The molecule has 0 N–H and O–H groups in total. The van der Waals surface area contributed by atoms with Crippen molar-refractivity contribution in [3.05, 3.63) is 88.7 Å². The molecule has 0 amide bonds. The molecule has 0 aliphatic carbocycles. The summed E-state index contributed by atoms with van der Waals surface area (Å²) < 4.78 is 22.3. The lowest BCUT2D eigenvalue weighted by molar-refractivity contribution is 0.0920. The van der Waals surface area contributed by atoms with E-state index in [1.165, 1.54) is 7.11 Å². The average Bonchev–Trinajstić information content (AvgIpc) is 3.13. The summed E-state index contributed by atoms with van der Waals surface area (Å²) in [5, 5.41) is 0. The van der Waals surface area contributed by atoms with Gasteiger partial charge in [0.1, 0.15) is 11.5 Å². The van der Waals surface area contributed by atoms with Gasteiger partial charge in [-0.05, 0) is 30.7 Å². The number of Topliss-reactive ketones (excluding diaryl/α,β-unsaturated/α-hetero) is 2. The monoisotopic (exact) mass is 430 g/mol. The SMILES string of the molecule is COc1cccc(/C=C2\Oc3cc(OCC(=O)c4ccccc4)cc(C)c3C2=O)c1OC. The first-order valence-corrected chi connectivity index (χ1v) is 10.0. The van der Waals surface area contributed by atoms with Crippen LogP contribution in [0.15, 0.2) is 66.4 Å². The van der Waals surface area contributed by atoms with Gasteiger partial charge in [0, 0.05) is 17.2 Å². The van der Waals surface area contributed by atoms with Crippen molar-refractivity contribution in [1.82, 2.24) is 0 Å². The number of hydrogen-bond donors (Lipinski definition) is 0. The molecule has 1 aliphatic heterocycles. The first kappa shape index (κ1) is 21.2. The highest BCUT2D eigenvalue weighted by Crippen LogP contribution is 2.39. The zero-order valence-electron chi connectivity index (χ0n) is 18.0. The van der Waals surface area contributed by atoms with Crippen molar-refractivity contribution in [2.45, 2.75) is 6.92 Å². The highest BCUT2D eigenvalue weighted by molar-refractivity contribution is 6.15. The molecule has 0 atom stereocenters. The van der Waals surface area contributed by atoms with Gasteiger partial charge in [-0.2, -0.15) is 0 Å². The van der Waals surface area contributed by atoms with Crippen LogP contribution in [-0.2, 0) is 0 Å². The maximum atomic E-state index is 13.0. The third kappa shape index (κ3) is 4.07. The summed E-state index contributed by atoms with van der Waals surface area (Å²) in [6.45, 7) is 1.70. The van der Waals surface area contributed by atoms with Gasteiger partial charge in [0.2, 0.25) is 5.78 Å². The van der Waals surface area contributed by atoms with Gasteiger partial charge in [-0.3, -0.25) is 9.59 Å². The molecular weight excluding hydrogens is 408 g/mol. The minimum atomic E-state index is -0.228. The molecule has 0 bridgehead atoms. The van der Waals surface area contributed by atoms with Crippen LogP contribution in [0.25, 0.3) is 6.08 Å². The Morgan fingerprint density at radius 2 is 1.78 bits per heavy atom. The molecular formula is C26H22O6. The molecule has 0 aromatic heterocycles. The van der Waals surface area contributed by atoms with E-state index in [0.717, 1.165) is 0 Å². The third-order valence-electron chi connectivity index (χ3n) is 5.13. The lowest BCUT2D eigenvalue weighted by atomic mass is 10.0. The number of aryl methyl sites for hydroxylation is 1. The molecule has 0 spiro atoms. The molecule has 0 unspecified atom stereocenters. The summed E-state index contributed by atoms with van der Waals surface area (Å²) in [5.74, 6) is 1.73. The van der Waals surface area contributed by atoms with Gasteiger partial charge in [-0.15, -0.1) is 0 Å². The van der Waals surface area contributed by atoms with Gasteiger partial charge in [-0.25, -0.2) is 0 Å². The summed E-state index contributed by atoms with van der Waals surface area (Å²) in [6.07, 6.45) is 1.63. The van der Waals surface area contributed by atoms with Crippen molar-refractivity contribution in [3.63, 3.8) is 0 Å². The molecule has 0 saturated carbocycles. The van der Waals surface area contributed by atoms with E-state index in [0.29, 0.717) is 45.3 Å². The molecule has 3 aromatic carbocycles. The number of carbonyl (C=O) groups excluding carboxylic acids is 2. The minimum absolute atomic E-state index is 0.111. The Hall–Kier alpha value is -4.06. The number of allylic oxidation sites excluding steroid dienone is 1. The zero-order valence-corrected chi connectivity index (χ0v) is 18.0. The summed E-state index contributed by atoms with van der Waals surface area (Å²) in [7, 11) is 3.09. The molecule has 6 nitrogen and oxygen atoms in total. The summed E-state index contributed by atoms with van der Waals surface area (Å²) >= 11 is 0. The van der Waals surface area contributed by atoms with Gasteiger partial charge < -0.3 is 18.9 Å². The Balaban J connectivity index is 1.57. The number of ketones is 2. The molecule has 3 aromatic rings. The maximum Gasteiger partial charge on any atom is 0.232 e. The number of fused-ring (bicyclic) bond motifs is 1. The fourth-order valence-corrected chi connectivity index (χ4v) is 3.58. The zero-order chi connectivity index (χ0) is 22.7. The summed E-state index contributed by atoms with van der Waals surface area (Å²) in [4.78, 5) is 25.3. The molecule has 1 aliphatic rings. The van der Waals surface area contributed by atoms with E-state index in [1.807, 2.05) is 12.1 Å². The Morgan fingerprint density at radius 3 is 2.50 bits per heavy atom. The van der Waals surface area contributed by atoms with Crippen molar-refractivity contribution in [1.29, 1.82) is 0 Å². The van der Waals surface area contributed by atoms with Crippen LogP contribution in [0.4, 0.5) is 0 Å². The Labute approximate surface area is 186 Å². The number of rotatable bonds is 7. The number of ether oxygens (including phenoxy) is 4. The Kier molecular flexibility index (Phi) is 5.94. The molecule has 32 heavy (non-hydrogen) atoms. The van der Waals surface area contributed by atoms with Crippen molar-refractivity contribution in [2.24, 2.45) is 0 Å². The van der Waals surface area contributed by atoms with Crippen LogP contribution in [0.3, 0.4) is 0 Å². The van der Waals surface area contributed by atoms with Crippen LogP contribution in [0.5, 0.6) is 23.0 Å². The minimum Gasteiger partial charge on any atom is -0.493 e. The van der Waals surface area contributed by atoms with Crippen LogP contribution in [0, 0.1) is 6.92 Å². The second-order valence-corrected chi connectivity index (χ2v) is 7.21. The van der Waals surface area contributed by atoms with Crippen molar-refractivity contribution in [3.8, 4) is 23.0 Å². The quantitative estimate of drug-likeness (QED) is 0.393. The van der Waals surface area contributed by atoms with Crippen LogP contribution in [0.1, 0.15) is 31.8 Å². The van der Waals surface area contributed by atoms with E-state index < -0.39 is 0 Å². The predicted molar refractivity (Wildman–Crippen MR) is 120 cm³/mol. The third-order valence-corrected chi connectivity index (χ3v) is 5.13. The summed E-state index contributed by atoms with van der Waals surface area (Å²) in [5.41, 5.74) is 2.41. The van der Waals surface area contributed by atoms with Crippen molar-refractivity contribution in [2.75, 3.05) is 20.8 Å². The molecule has 4 rings (SSSR count). The fourth-order valence-electron chi connectivity index (χ4n) is 3.58. The highest BCUT2D eigenvalue weighted by Gasteiger charge is 2.30. The fraction of sp³-hybridized carbons (Fsp3) is 0.154. The van der Waals surface area contributed by atoms with E-state index in [9.17, 15) is 9.59 Å². The standard InChI is InChI=1S/C26H22O6/c1-16-12-19(31-15-20(27)17-8-5-4-6-9-17)14-22-24(16)25(28)23(32-22)13-18-10-7-11-21(29-2)26(18)30-3/h4-14H,15H2,1-3H3/b23-13-. The van der Waals surface area contributed by atoms with Crippen LogP contribution in [-0.4, -0.2) is 32.4 Å². The predicted octanol–water partition coefficient (Wildman–Crippen LogP) is 4.89. The molecule has 0 saturated heterocycles. The summed E-state index contributed by atoms with van der Waals surface area (Å²) in [6, 6.07) is 17.7. The van der Waals surface area contributed by atoms with E-state index in [1.54, 1.807) is 68.6 Å². The van der Waals surface area contributed by atoms with Gasteiger partial charge in [0.05, 0.1) is 19.8 Å². The molecule has 6 heteroatoms. The second-order valence-electron chi connectivity index (χ2n) is 7.21. The molecule has 162 valence electrons. The van der Waals surface area contributed by atoms with Gasteiger partial charge in [0.15, 0.2) is 29.6 Å². The lowest BCUT2D eigenvalue weighted by Crippen LogP contribution is -2.11. The molecule has 0 fully saturated rings. The van der Waals surface area contributed by atoms with E-state index in [-0.39, 0.29) is 23.9 Å². The number of carbonyl (C=O) groups is 2. The second kappa shape index (κ2) is 8.98. The molecule has 1 heterocycles. The van der Waals surface area contributed by atoms with Crippen LogP contribution in [0.2, 0.25) is 0 Å². The number of methoxy groups -OCH3 is 2. The Morgan fingerprint density at radius 1 is 1.00 bits per heavy atom. The maximum absolute atomic E-state index is 13.0. The van der Waals surface area contributed by atoms with Gasteiger partial charge >= 0.3 is 0 Å². The average molecular weight is 430 g/mol. The number of hydrogen-bond acceptors (Lipinski definition) is 6. The normalized spacial score (nSPS) is 13.5. The van der Waals surface area contributed by atoms with Crippen LogP contribution >= 0.6 is 0 Å². The first-order chi connectivity index (χ1) is 15.5. The highest BCUT2D eigenvalue weighted by atomic mass is 16.5. The Bertz CT molecular complexity index is 1210. The van der Waals surface area contributed by atoms with E-state index in [4.69, 9.17) is 18.9 Å². The van der Waals surface area contributed by atoms with Crippen molar-refractivity contribution >= 4 is 17.6 Å². The number of benzene rings is 3. The van der Waals surface area contributed by atoms with E-state index >= 15 is 0 Å². The number of para-hydroxylation sites is 1. The largest absolute Gasteiger partial charge is 0.493 e.